The first-order valence-corrected chi connectivity index (χ1v) is 10.2. The Kier molecular flexibility index (Phi) is 9.36. The first-order chi connectivity index (χ1) is 13.2. The highest BCUT2D eigenvalue weighted by atomic mass is 16.1. The van der Waals surface area contributed by atoms with Crippen LogP contribution >= 0.6 is 0 Å². The van der Waals surface area contributed by atoms with E-state index >= 15 is 0 Å². The van der Waals surface area contributed by atoms with E-state index in [-0.39, 0.29) is 16.7 Å². The van der Waals surface area contributed by atoms with Gasteiger partial charge < -0.3 is 5.73 Å². The number of H-pyrrole nitrogens is 1. The number of hydrogen-bond donors (Lipinski definition) is 2. The van der Waals surface area contributed by atoms with Gasteiger partial charge in [0.2, 0.25) is 0 Å². The topological polar surface area (TPSA) is 102 Å². The molecule has 2 rings (SSSR count). The van der Waals surface area contributed by atoms with Gasteiger partial charge in [-0.2, -0.15) is 5.10 Å². The van der Waals surface area contributed by atoms with Gasteiger partial charge in [0.15, 0.2) is 5.69 Å². The summed E-state index contributed by atoms with van der Waals surface area (Å²) in [5.41, 5.74) is 5.43. The van der Waals surface area contributed by atoms with Gasteiger partial charge in [-0.3, -0.25) is 14.6 Å². The number of rotatable bonds is 8. The lowest BCUT2D eigenvalue weighted by Gasteiger charge is -2.36. The van der Waals surface area contributed by atoms with Gasteiger partial charge >= 0.3 is 0 Å². The van der Waals surface area contributed by atoms with Crippen LogP contribution in [0, 0.1) is 11.3 Å². The average Bonchev–Trinajstić information content (AvgIpc) is 2.67. The summed E-state index contributed by atoms with van der Waals surface area (Å²) in [7, 11) is 5.44. The van der Waals surface area contributed by atoms with Crippen LogP contribution in [0.4, 0.5) is 0 Å². The van der Waals surface area contributed by atoms with Crippen molar-refractivity contribution in [2.24, 2.45) is 17.1 Å². The van der Waals surface area contributed by atoms with Crippen LogP contribution < -0.4 is 16.9 Å². The zero-order chi connectivity index (χ0) is 21.3. The van der Waals surface area contributed by atoms with Gasteiger partial charge in [0, 0.05) is 11.6 Å². The molecule has 2 aromatic heterocycles. The maximum absolute atomic E-state index is 11.3. The van der Waals surface area contributed by atoms with E-state index in [9.17, 15) is 9.59 Å². The molecule has 0 bridgehead atoms. The number of nitrogens with one attached hydrogen (secondary N) is 1. The predicted octanol–water partition coefficient (Wildman–Crippen LogP) is 3.24. The number of fused-ring (bicyclic) bond motifs is 1. The van der Waals surface area contributed by atoms with E-state index in [1.165, 1.54) is 50.8 Å². The molecule has 1 amide bonds. The fourth-order valence-corrected chi connectivity index (χ4v) is 3.79. The summed E-state index contributed by atoms with van der Waals surface area (Å²) in [6.07, 6.45) is 9.50. The summed E-state index contributed by atoms with van der Waals surface area (Å²) in [6.45, 7) is 11.8. The summed E-state index contributed by atoms with van der Waals surface area (Å²) < 4.78 is 0. The van der Waals surface area contributed by atoms with Gasteiger partial charge in [-0.05, 0) is 29.4 Å². The van der Waals surface area contributed by atoms with Gasteiger partial charge in [-0.25, -0.2) is 5.10 Å². The molecule has 1 atom stereocenters. The van der Waals surface area contributed by atoms with Crippen LogP contribution in [-0.4, -0.2) is 28.9 Å². The molecule has 6 nitrogen and oxygen atoms in total. The second-order valence-corrected chi connectivity index (χ2v) is 7.54. The second kappa shape index (κ2) is 11.0. The Labute approximate surface area is 169 Å². The molecule has 0 fully saturated rings. The lowest BCUT2D eigenvalue weighted by atomic mass is 9.69. The van der Waals surface area contributed by atoms with Crippen LogP contribution in [0.15, 0.2) is 17.1 Å². The number of unbranched alkanes of at least 4 members (excludes halogenated alkanes) is 1. The minimum Gasteiger partial charge on any atom is -0.364 e. The van der Waals surface area contributed by atoms with Crippen LogP contribution in [0.25, 0.3) is 10.8 Å². The number of nitrogens with zero attached hydrogens (tertiary/aromatic N) is 2. The molecule has 0 spiro atoms. The van der Waals surface area contributed by atoms with Gasteiger partial charge in [0.05, 0.1) is 5.39 Å². The van der Waals surface area contributed by atoms with E-state index < -0.39 is 11.5 Å². The van der Waals surface area contributed by atoms with Crippen molar-refractivity contribution in [3.05, 3.63) is 28.3 Å². The minimum atomic E-state index is -0.734. The maximum atomic E-state index is 11.3. The normalized spacial score (nSPS) is 13.1. The zero-order valence-electron chi connectivity index (χ0n) is 17.8. The van der Waals surface area contributed by atoms with Gasteiger partial charge in [0.1, 0.15) is 7.85 Å². The van der Waals surface area contributed by atoms with Crippen LogP contribution in [-0.2, 0) is 0 Å². The third-order valence-corrected chi connectivity index (χ3v) is 5.81. The van der Waals surface area contributed by atoms with E-state index in [2.05, 4.69) is 49.8 Å². The van der Waals surface area contributed by atoms with E-state index in [0.717, 1.165) is 5.92 Å². The van der Waals surface area contributed by atoms with Crippen molar-refractivity contribution in [3.8, 4) is 0 Å². The zero-order valence-corrected chi connectivity index (χ0v) is 17.8. The van der Waals surface area contributed by atoms with E-state index in [0.29, 0.717) is 10.8 Å². The highest BCUT2D eigenvalue weighted by molar-refractivity contribution is 6.31. The van der Waals surface area contributed by atoms with Crippen molar-refractivity contribution in [2.75, 3.05) is 0 Å². The molecular weight excluding hydrogens is 351 g/mol. The molecule has 0 saturated carbocycles. The monoisotopic (exact) mass is 384 g/mol. The maximum Gasteiger partial charge on any atom is 0.273 e. The molecule has 0 aromatic carbocycles. The summed E-state index contributed by atoms with van der Waals surface area (Å²) in [6, 6.07) is 1.39. The third-order valence-electron chi connectivity index (χ3n) is 5.81. The van der Waals surface area contributed by atoms with Crippen molar-refractivity contribution in [1.29, 1.82) is 0 Å². The Bertz CT molecular complexity index is 833. The molecule has 0 aliphatic rings. The molecule has 2 radical (unpaired) electrons. The van der Waals surface area contributed by atoms with Gasteiger partial charge in [0.25, 0.3) is 11.5 Å². The molecule has 0 saturated heterocycles. The van der Waals surface area contributed by atoms with E-state index in [1.54, 1.807) is 0 Å². The van der Waals surface area contributed by atoms with Crippen molar-refractivity contribution in [2.45, 2.75) is 73.1 Å². The molecule has 3 N–H and O–H groups in total. The van der Waals surface area contributed by atoms with Gasteiger partial charge in [-0.15, -0.1) is 0 Å². The van der Waals surface area contributed by atoms with E-state index in [1.807, 2.05) is 0 Å². The predicted molar refractivity (Wildman–Crippen MR) is 116 cm³/mol. The Morgan fingerprint density at radius 2 is 1.89 bits per heavy atom. The molecule has 0 aliphatic heterocycles. The number of hydrogen-bond acceptors (Lipinski definition) is 4. The van der Waals surface area contributed by atoms with Crippen LogP contribution in [0.5, 0.6) is 0 Å². The lowest BCUT2D eigenvalue weighted by Crippen LogP contribution is -2.25. The Hall–Kier alpha value is -2.18. The summed E-state index contributed by atoms with van der Waals surface area (Å²) >= 11 is 0. The molecule has 7 heteroatoms. The van der Waals surface area contributed by atoms with Gasteiger partial charge in [-0.1, -0.05) is 66.7 Å². The van der Waals surface area contributed by atoms with Crippen molar-refractivity contribution in [1.82, 2.24) is 15.2 Å². The largest absolute Gasteiger partial charge is 0.364 e. The summed E-state index contributed by atoms with van der Waals surface area (Å²) in [4.78, 5) is 26.1. The molecule has 2 aromatic rings. The number of aromatic nitrogens is 3. The van der Waals surface area contributed by atoms with Crippen LogP contribution in [0.3, 0.4) is 0 Å². The van der Waals surface area contributed by atoms with E-state index in [4.69, 9.17) is 13.6 Å². The number of nitrogens with two attached hydrogens (primary N) is 1. The quantitative estimate of drug-likeness (QED) is 0.682. The Morgan fingerprint density at radius 1 is 1.25 bits per heavy atom. The van der Waals surface area contributed by atoms with Crippen molar-refractivity contribution in [3.63, 3.8) is 0 Å². The lowest BCUT2D eigenvalue weighted by molar-refractivity contribution is 0.0996. The number of primary amides is 1. The molecule has 152 valence electrons. The smallest absolute Gasteiger partial charge is 0.273 e. The number of amides is 1. The Balaban J connectivity index is 0.000000284. The van der Waals surface area contributed by atoms with Crippen LogP contribution in [0.1, 0.15) is 83.6 Å². The summed E-state index contributed by atoms with van der Waals surface area (Å²) in [5, 5.41) is 6.24. The summed E-state index contributed by atoms with van der Waals surface area (Å²) in [5.74, 6) is 0.200. The average molecular weight is 384 g/mol. The number of carbonyl (C=O) groups excluding carboxylic acids is 1. The fraction of sp³-hybridized carbons (Fsp3) is 0.619. The SMILES string of the molecule is CCCCC(C)(CC)C(CC)CC.[B]c1cc2c(C(N)=O)n[nH]c(=O)c2cn1. The first kappa shape index (κ1) is 23.9. The fourth-order valence-electron chi connectivity index (χ4n) is 3.79. The van der Waals surface area contributed by atoms with Crippen LogP contribution in [0.2, 0.25) is 0 Å². The number of pyridine rings is 1. The van der Waals surface area contributed by atoms with Crippen molar-refractivity contribution >= 4 is 30.1 Å². The molecule has 1 unspecified atom stereocenters. The number of aromatic amines is 1. The Morgan fingerprint density at radius 3 is 2.39 bits per heavy atom. The highest BCUT2D eigenvalue weighted by Crippen LogP contribution is 2.40. The molecule has 28 heavy (non-hydrogen) atoms. The second-order valence-electron chi connectivity index (χ2n) is 7.54. The molecular formula is C21H33BN4O2. The molecule has 0 aliphatic carbocycles. The standard InChI is InChI=1S/C13H28.C8H5BN4O2/c1-6-10-11-13(5,9-4)12(7-2)8-3;9-5-1-3-4(2-11-5)8(15)13-12-6(3)7(10)14/h12H,6-11H2,1-5H3;1-2H,(H2,10,14)(H,13,15). The minimum absolute atomic E-state index is 0.0290. The van der Waals surface area contributed by atoms with Crippen molar-refractivity contribution < 1.29 is 4.79 Å². The number of carbonyl (C=O) groups is 1. The molecule has 2 heterocycles. The highest BCUT2D eigenvalue weighted by Gasteiger charge is 2.28. The first-order valence-electron chi connectivity index (χ1n) is 10.2. The third kappa shape index (κ3) is 5.91.